The van der Waals surface area contributed by atoms with Crippen molar-refractivity contribution in [1.29, 1.82) is 0 Å². The van der Waals surface area contributed by atoms with Gasteiger partial charge in [-0.05, 0) is 12.1 Å². The minimum Gasteiger partial charge on any atom is -0.697 e. The third-order valence-electron chi connectivity index (χ3n) is 1.47. The third-order valence-corrected chi connectivity index (χ3v) is 1.47. The van der Waals surface area contributed by atoms with Crippen molar-refractivity contribution in [2.45, 2.75) is 0 Å². The number of anilines is 1. The second-order valence-corrected chi connectivity index (χ2v) is 2.29. The number of nitrogens with one attached hydrogen (secondary N) is 1. The van der Waals surface area contributed by atoms with Gasteiger partial charge in [-0.3, -0.25) is 0 Å². The summed E-state index contributed by atoms with van der Waals surface area (Å²) >= 11 is 0. The summed E-state index contributed by atoms with van der Waals surface area (Å²) in [5.74, 6) is -0.443. The Bertz CT molecular complexity index is 315. The van der Waals surface area contributed by atoms with E-state index in [-0.39, 0.29) is 69.6 Å². The number of ether oxygens (including phenoxy) is 1. The average Bonchev–Trinajstić information content (AvgIpc) is 2.08. The largest absolute Gasteiger partial charge is 1.00 e. The molecular formula is C8H9N2O2Rb. The first-order valence-electron chi connectivity index (χ1n) is 3.34. The van der Waals surface area contributed by atoms with Gasteiger partial charge in [0.05, 0.1) is 12.7 Å². The molecule has 0 aliphatic rings. The van der Waals surface area contributed by atoms with Crippen molar-refractivity contribution >= 4 is 17.3 Å². The second-order valence-electron chi connectivity index (χ2n) is 2.29. The zero-order chi connectivity index (χ0) is 9.14. The fourth-order valence-corrected chi connectivity index (χ4v) is 0.808. The smallest absolute Gasteiger partial charge is 0.697 e. The standard InChI is InChI=1S/C8H10N2O2.Rb/c1-12-8(11)5-2-3-6(9)7(10)4-5;/h2-4H,10H2,1H3,(H2,9,11);/q;+1/p-1. The molecule has 1 rings (SSSR count). The molecule has 1 aromatic carbocycles. The molecule has 4 nitrogen and oxygen atoms in total. The Morgan fingerprint density at radius 1 is 1.54 bits per heavy atom. The van der Waals surface area contributed by atoms with Crippen molar-refractivity contribution in [2.75, 3.05) is 12.8 Å². The minimum absolute atomic E-state index is 0. The first-order chi connectivity index (χ1) is 5.65. The van der Waals surface area contributed by atoms with Crippen molar-refractivity contribution in [2.24, 2.45) is 0 Å². The molecule has 0 unspecified atom stereocenters. The summed E-state index contributed by atoms with van der Waals surface area (Å²) in [6.45, 7) is 0. The maximum absolute atomic E-state index is 10.9. The number of methoxy groups -OCH3 is 1. The zero-order valence-electron chi connectivity index (χ0n) is 7.63. The minimum atomic E-state index is -0.443. The zero-order valence-corrected chi connectivity index (χ0v) is 12.5. The second kappa shape index (κ2) is 5.75. The number of hydrogen-bond acceptors (Lipinski definition) is 3. The van der Waals surface area contributed by atoms with Crippen LogP contribution in [0.1, 0.15) is 10.4 Å². The van der Waals surface area contributed by atoms with Crippen LogP contribution >= 0.6 is 0 Å². The predicted octanol–water partition coefficient (Wildman–Crippen LogP) is -1.26. The molecule has 0 spiro atoms. The molecule has 0 aliphatic heterocycles. The van der Waals surface area contributed by atoms with Gasteiger partial charge in [0.1, 0.15) is 0 Å². The van der Waals surface area contributed by atoms with Crippen LogP contribution in [0.15, 0.2) is 18.2 Å². The van der Waals surface area contributed by atoms with Crippen LogP contribution in [-0.2, 0) is 4.74 Å². The first kappa shape index (κ1) is 13.1. The van der Waals surface area contributed by atoms with Crippen LogP contribution in [0.25, 0.3) is 5.73 Å². The van der Waals surface area contributed by atoms with Gasteiger partial charge in [-0.2, -0.15) is 0 Å². The maximum Gasteiger partial charge on any atom is 1.00 e. The summed E-state index contributed by atoms with van der Waals surface area (Å²) in [5.41, 5.74) is 13.5. The molecule has 5 heteroatoms. The topological polar surface area (TPSA) is 76.1 Å². The molecule has 0 amide bonds. The molecule has 1 aromatic rings. The fraction of sp³-hybridized carbons (Fsp3) is 0.125. The van der Waals surface area contributed by atoms with Crippen LogP contribution in [0, 0.1) is 0 Å². The molecule has 0 bridgehead atoms. The van der Waals surface area contributed by atoms with E-state index < -0.39 is 5.97 Å². The molecule has 0 atom stereocenters. The number of nitrogen functional groups attached to an aromatic ring is 1. The summed E-state index contributed by atoms with van der Waals surface area (Å²) in [5, 5.41) is 0. The molecule has 0 saturated heterocycles. The van der Waals surface area contributed by atoms with Crippen molar-refractivity contribution in [1.82, 2.24) is 0 Å². The first-order valence-corrected chi connectivity index (χ1v) is 3.34. The van der Waals surface area contributed by atoms with Crippen LogP contribution in [0.2, 0.25) is 0 Å². The molecule has 0 saturated carbocycles. The van der Waals surface area contributed by atoms with E-state index in [2.05, 4.69) is 4.74 Å². The van der Waals surface area contributed by atoms with Crippen LogP contribution in [-0.4, -0.2) is 13.1 Å². The van der Waals surface area contributed by atoms with Crippen LogP contribution in [0.5, 0.6) is 0 Å². The number of rotatable bonds is 1. The third kappa shape index (κ3) is 3.38. The van der Waals surface area contributed by atoms with Crippen molar-refractivity contribution in [3.05, 3.63) is 29.5 Å². The average molecular weight is 251 g/mol. The van der Waals surface area contributed by atoms with Gasteiger partial charge in [-0.25, -0.2) is 4.79 Å². The van der Waals surface area contributed by atoms with Gasteiger partial charge < -0.3 is 16.2 Å². The Morgan fingerprint density at radius 2 is 2.15 bits per heavy atom. The van der Waals surface area contributed by atoms with E-state index in [4.69, 9.17) is 11.5 Å². The quantitative estimate of drug-likeness (QED) is 0.500. The Morgan fingerprint density at radius 3 is 2.62 bits per heavy atom. The van der Waals surface area contributed by atoms with Crippen LogP contribution in [0.4, 0.5) is 11.4 Å². The number of hydrogen-bond donors (Lipinski definition) is 1. The van der Waals surface area contributed by atoms with Gasteiger partial charge in [-0.15, -0.1) is 5.69 Å². The number of nitrogens with two attached hydrogens (primary N) is 1. The van der Waals surface area contributed by atoms with Gasteiger partial charge >= 0.3 is 64.2 Å². The van der Waals surface area contributed by atoms with Gasteiger partial charge in [-0.1, -0.05) is 6.07 Å². The molecular weight excluding hydrogens is 242 g/mol. The Balaban J connectivity index is 0.00000144. The Kier molecular flexibility index (Phi) is 5.79. The normalized spacial score (nSPS) is 8.69. The van der Waals surface area contributed by atoms with E-state index >= 15 is 0 Å². The van der Waals surface area contributed by atoms with Crippen LogP contribution in [0.3, 0.4) is 0 Å². The van der Waals surface area contributed by atoms with Gasteiger partial charge in [0.15, 0.2) is 0 Å². The van der Waals surface area contributed by atoms with Gasteiger partial charge in [0, 0.05) is 5.69 Å². The monoisotopic (exact) mass is 250 g/mol. The molecule has 3 N–H and O–H groups in total. The summed E-state index contributed by atoms with van der Waals surface area (Å²) in [4.78, 5) is 10.9. The van der Waals surface area contributed by atoms with E-state index in [1.807, 2.05) is 0 Å². The van der Waals surface area contributed by atoms with E-state index in [0.717, 1.165) is 0 Å². The van der Waals surface area contributed by atoms with E-state index in [9.17, 15) is 4.79 Å². The van der Waals surface area contributed by atoms with Crippen molar-refractivity contribution < 1.29 is 67.7 Å². The fourth-order valence-electron chi connectivity index (χ4n) is 0.808. The molecule has 0 radical (unpaired) electrons. The number of benzene rings is 1. The summed E-state index contributed by atoms with van der Waals surface area (Å²) in [6.07, 6.45) is 0. The molecule has 0 aliphatic carbocycles. The summed E-state index contributed by atoms with van der Waals surface area (Å²) in [6, 6.07) is 4.39. The van der Waals surface area contributed by atoms with Crippen molar-refractivity contribution in [3.8, 4) is 0 Å². The molecule has 64 valence electrons. The predicted molar refractivity (Wildman–Crippen MR) is 46.2 cm³/mol. The Hall–Kier alpha value is 0.0952. The maximum atomic E-state index is 10.9. The van der Waals surface area contributed by atoms with Gasteiger partial charge in [0.25, 0.3) is 0 Å². The summed E-state index contributed by atoms with van der Waals surface area (Å²) < 4.78 is 4.48. The number of esters is 1. The molecule has 0 aromatic heterocycles. The number of carbonyl (C=O) groups excluding carboxylic acids is 1. The van der Waals surface area contributed by atoms with E-state index in [0.29, 0.717) is 5.56 Å². The van der Waals surface area contributed by atoms with Gasteiger partial charge in [0.2, 0.25) is 0 Å². The van der Waals surface area contributed by atoms with Crippen molar-refractivity contribution in [3.63, 3.8) is 0 Å². The SMILES string of the molecule is COC(=O)c1ccc([NH-])c(N)c1.[Rb+]. The van der Waals surface area contributed by atoms with Crippen LogP contribution < -0.4 is 63.9 Å². The Labute approximate surface area is 125 Å². The number of carbonyl (C=O) groups is 1. The molecule has 0 heterocycles. The summed E-state index contributed by atoms with van der Waals surface area (Å²) in [7, 11) is 1.30. The van der Waals surface area contributed by atoms with E-state index in [1.54, 1.807) is 0 Å². The van der Waals surface area contributed by atoms with E-state index in [1.165, 1.54) is 25.3 Å². The molecule has 13 heavy (non-hydrogen) atoms. The molecule has 0 fully saturated rings.